The van der Waals surface area contributed by atoms with E-state index in [0.29, 0.717) is 17.3 Å². The summed E-state index contributed by atoms with van der Waals surface area (Å²) in [7, 11) is 0. The van der Waals surface area contributed by atoms with Crippen molar-refractivity contribution in [3.63, 3.8) is 0 Å². The molecule has 0 aliphatic rings. The van der Waals surface area contributed by atoms with Crippen LogP contribution in [0.25, 0.3) is 10.9 Å². The summed E-state index contributed by atoms with van der Waals surface area (Å²) in [6.45, 7) is 1.95. The van der Waals surface area contributed by atoms with Gasteiger partial charge in [-0.15, -0.1) is 0 Å². The first-order valence-corrected chi connectivity index (χ1v) is 10.7. The quantitative estimate of drug-likeness (QED) is 0.346. The number of anilines is 2. The van der Waals surface area contributed by atoms with Crippen LogP contribution in [-0.4, -0.2) is 15.0 Å². The molecule has 0 aliphatic heterocycles. The van der Waals surface area contributed by atoms with Crippen LogP contribution < -0.4 is 15.8 Å². The van der Waals surface area contributed by atoms with Crippen molar-refractivity contribution in [1.82, 2.24) is 15.0 Å². The number of hydrogen-bond donors (Lipinski definition) is 2. The zero-order valence-electron chi connectivity index (χ0n) is 18.1. The van der Waals surface area contributed by atoms with E-state index in [1.165, 1.54) is 6.33 Å². The van der Waals surface area contributed by atoms with Crippen molar-refractivity contribution < 1.29 is 4.74 Å². The highest BCUT2D eigenvalue weighted by Crippen LogP contribution is 2.35. The van der Waals surface area contributed by atoms with Gasteiger partial charge in [-0.1, -0.05) is 78.9 Å². The van der Waals surface area contributed by atoms with Gasteiger partial charge in [0.15, 0.2) is 11.6 Å². The summed E-state index contributed by atoms with van der Waals surface area (Å²) in [5, 5.41) is 4.46. The third kappa shape index (κ3) is 4.32. The molecule has 2 aromatic heterocycles. The molecule has 0 unspecified atom stereocenters. The van der Waals surface area contributed by atoms with Crippen LogP contribution in [0.5, 0.6) is 11.6 Å². The first-order chi connectivity index (χ1) is 16.2. The van der Waals surface area contributed by atoms with Crippen molar-refractivity contribution in [2.24, 2.45) is 0 Å². The van der Waals surface area contributed by atoms with Gasteiger partial charge in [-0.2, -0.15) is 4.98 Å². The van der Waals surface area contributed by atoms with Gasteiger partial charge in [-0.05, 0) is 30.2 Å². The Bertz CT molecular complexity index is 1350. The average molecular weight is 434 g/mol. The van der Waals surface area contributed by atoms with Crippen molar-refractivity contribution in [2.45, 2.75) is 13.0 Å². The van der Waals surface area contributed by atoms with Crippen LogP contribution in [0.1, 0.15) is 22.9 Å². The number of rotatable bonds is 6. The van der Waals surface area contributed by atoms with Crippen LogP contribution >= 0.6 is 0 Å². The molecule has 0 atom stereocenters. The number of pyridine rings is 1. The predicted molar refractivity (Wildman–Crippen MR) is 131 cm³/mol. The van der Waals surface area contributed by atoms with Crippen LogP contribution in [0.4, 0.5) is 11.5 Å². The molecule has 0 saturated carbocycles. The van der Waals surface area contributed by atoms with E-state index in [-0.39, 0.29) is 11.9 Å². The lowest BCUT2D eigenvalue weighted by atomic mass is 9.99. The molecule has 6 heteroatoms. The number of nitrogen functional groups attached to an aromatic ring is 1. The maximum atomic E-state index is 6.48. The van der Waals surface area contributed by atoms with Gasteiger partial charge < -0.3 is 15.8 Å². The second-order valence-electron chi connectivity index (χ2n) is 7.72. The Morgan fingerprint density at radius 3 is 2.18 bits per heavy atom. The van der Waals surface area contributed by atoms with E-state index in [0.717, 1.165) is 27.7 Å². The lowest BCUT2D eigenvalue weighted by molar-refractivity contribution is 0.468. The SMILES string of the molecule is Cc1ccc2cccc(Oc3ncnc(NC(c4ccccc4)c4ccccc4)c3N)c2n1. The van der Waals surface area contributed by atoms with Gasteiger partial charge in [0, 0.05) is 11.1 Å². The number of benzene rings is 3. The van der Waals surface area contributed by atoms with Gasteiger partial charge in [0.25, 0.3) is 0 Å². The molecule has 5 aromatic rings. The number of nitrogens with zero attached hydrogens (tertiary/aromatic N) is 3. The molecule has 33 heavy (non-hydrogen) atoms. The molecule has 0 saturated heterocycles. The summed E-state index contributed by atoms with van der Waals surface area (Å²) >= 11 is 0. The maximum Gasteiger partial charge on any atom is 0.248 e. The Hall–Kier alpha value is -4.45. The van der Waals surface area contributed by atoms with E-state index in [1.54, 1.807) is 0 Å². The fraction of sp³-hybridized carbons (Fsp3) is 0.0741. The van der Waals surface area contributed by atoms with Crippen LogP contribution in [0.2, 0.25) is 0 Å². The van der Waals surface area contributed by atoms with Crippen molar-refractivity contribution in [3.05, 3.63) is 114 Å². The first-order valence-electron chi connectivity index (χ1n) is 10.7. The van der Waals surface area contributed by atoms with Crippen molar-refractivity contribution in [3.8, 4) is 11.6 Å². The smallest absolute Gasteiger partial charge is 0.248 e. The summed E-state index contributed by atoms with van der Waals surface area (Å²) in [5.74, 6) is 1.38. The summed E-state index contributed by atoms with van der Waals surface area (Å²) in [6, 6.07) is 30.0. The summed E-state index contributed by atoms with van der Waals surface area (Å²) in [5.41, 5.74) is 10.7. The zero-order valence-corrected chi connectivity index (χ0v) is 18.1. The van der Waals surface area contributed by atoms with Gasteiger partial charge in [0.2, 0.25) is 5.88 Å². The zero-order chi connectivity index (χ0) is 22.6. The Morgan fingerprint density at radius 2 is 1.48 bits per heavy atom. The lowest BCUT2D eigenvalue weighted by Gasteiger charge is -2.21. The highest BCUT2D eigenvalue weighted by molar-refractivity contribution is 5.85. The van der Waals surface area contributed by atoms with Gasteiger partial charge in [0.1, 0.15) is 17.5 Å². The Balaban J connectivity index is 1.50. The minimum atomic E-state index is -0.140. The van der Waals surface area contributed by atoms with Crippen molar-refractivity contribution in [2.75, 3.05) is 11.1 Å². The van der Waals surface area contributed by atoms with E-state index in [4.69, 9.17) is 10.5 Å². The Morgan fingerprint density at radius 1 is 0.788 bits per heavy atom. The molecule has 0 bridgehead atoms. The molecule has 0 radical (unpaired) electrons. The van der Waals surface area contributed by atoms with E-state index in [2.05, 4.69) is 44.5 Å². The van der Waals surface area contributed by atoms with Crippen LogP contribution in [0.3, 0.4) is 0 Å². The van der Waals surface area contributed by atoms with Gasteiger partial charge in [-0.3, -0.25) is 0 Å². The molecular weight excluding hydrogens is 410 g/mol. The molecule has 2 heterocycles. The number of nitrogens with one attached hydrogen (secondary N) is 1. The molecule has 0 spiro atoms. The van der Waals surface area contributed by atoms with Gasteiger partial charge in [-0.25, -0.2) is 9.97 Å². The number of hydrogen-bond acceptors (Lipinski definition) is 6. The molecule has 3 aromatic carbocycles. The lowest BCUT2D eigenvalue weighted by Crippen LogP contribution is -2.15. The fourth-order valence-corrected chi connectivity index (χ4v) is 3.77. The van der Waals surface area contributed by atoms with E-state index < -0.39 is 0 Å². The largest absolute Gasteiger partial charge is 0.435 e. The molecular formula is C27H23N5O. The third-order valence-electron chi connectivity index (χ3n) is 5.42. The van der Waals surface area contributed by atoms with Gasteiger partial charge in [0.05, 0.1) is 6.04 Å². The molecule has 3 N–H and O–H groups in total. The maximum absolute atomic E-state index is 6.48. The molecule has 6 nitrogen and oxygen atoms in total. The molecule has 0 aliphatic carbocycles. The second kappa shape index (κ2) is 8.96. The standard InChI is InChI=1S/C27H23N5O/c1-18-15-16-21-13-8-14-22(25(21)31-18)33-27-23(28)26(29-17-30-27)32-24(19-9-4-2-5-10-19)20-11-6-3-7-12-20/h2-17,24H,28H2,1H3,(H,29,30,32). The third-order valence-corrected chi connectivity index (χ3v) is 5.42. The Labute approximate surface area is 192 Å². The van der Waals surface area contributed by atoms with E-state index in [1.807, 2.05) is 73.7 Å². The van der Waals surface area contributed by atoms with Crippen molar-refractivity contribution in [1.29, 1.82) is 0 Å². The first kappa shape index (κ1) is 20.5. The molecule has 162 valence electrons. The normalized spacial score (nSPS) is 11.0. The summed E-state index contributed by atoms with van der Waals surface area (Å²) < 4.78 is 6.13. The monoisotopic (exact) mass is 433 g/mol. The Kier molecular flexibility index (Phi) is 5.55. The topological polar surface area (TPSA) is 86.0 Å². The number of nitrogens with two attached hydrogens (primary N) is 1. The molecule has 0 fully saturated rings. The predicted octanol–water partition coefficient (Wildman–Crippen LogP) is 5.91. The van der Waals surface area contributed by atoms with Crippen LogP contribution in [0, 0.1) is 6.92 Å². The summed E-state index contributed by atoms with van der Waals surface area (Å²) in [6.07, 6.45) is 1.45. The number of fused-ring (bicyclic) bond motifs is 1. The average Bonchev–Trinajstić information content (AvgIpc) is 2.86. The minimum Gasteiger partial charge on any atom is -0.435 e. The second-order valence-corrected chi connectivity index (χ2v) is 7.72. The van der Waals surface area contributed by atoms with Crippen molar-refractivity contribution >= 4 is 22.4 Å². The number of ether oxygens (including phenoxy) is 1. The number of para-hydroxylation sites is 1. The van der Waals surface area contributed by atoms with E-state index in [9.17, 15) is 0 Å². The highest BCUT2D eigenvalue weighted by atomic mass is 16.5. The van der Waals surface area contributed by atoms with E-state index >= 15 is 0 Å². The molecule has 5 rings (SSSR count). The summed E-state index contributed by atoms with van der Waals surface area (Å²) in [4.78, 5) is 13.3. The number of aryl methyl sites for hydroxylation is 1. The number of aromatic nitrogens is 3. The fourth-order valence-electron chi connectivity index (χ4n) is 3.77. The molecule has 0 amide bonds. The highest BCUT2D eigenvalue weighted by Gasteiger charge is 2.18. The minimum absolute atomic E-state index is 0.140. The van der Waals surface area contributed by atoms with Gasteiger partial charge >= 0.3 is 0 Å². The van der Waals surface area contributed by atoms with Crippen LogP contribution in [-0.2, 0) is 0 Å². The van der Waals surface area contributed by atoms with Crippen LogP contribution in [0.15, 0.2) is 97.3 Å².